The van der Waals surface area contributed by atoms with Gasteiger partial charge in [0, 0.05) is 19.5 Å². The first-order valence-electron chi connectivity index (χ1n) is 16.9. The van der Waals surface area contributed by atoms with Gasteiger partial charge in [0.2, 0.25) is 11.8 Å². The number of fused-ring (bicyclic) bond motifs is 1. The number of H-pyrrole nitrogens is 1. The van der Waals surface area contributed by atoms with Gasteiger partial charge in [-0.3, -0.25) is 14.4 Å². The average Bonchev–Trinajstić information content (AvgIpc) is 3.68. The Hall–Kier alpha value is -5.48. The normalized spacial score (nSPS) is 18.3. The highest BCUT2D eigenvalue weighted by atomic mass is 16.5. The van der Waals surface area contributed by atoms with Crippen molar-refractivity contribution >= 4 is 28.5 Å². The van der Waals surface area contributed by atoms with Gasteiger partial charge in [-0.25, -0.2) is 4.98 Å². The van der Waals surface area contributed by atoms with Gasteiger partial charge in [0.1, 0.15) is 29.3 Å². The summed E-state index contributed by atoms with van der Waals surface area (Å²) in [5, 5.41) is 8.60. The Morgan fingerprint density at radius 1 is 0.837 bits per heavy atom. The maximum absolute atomic E-state index is 14.4. The monoisotopic (exact) mass is 656 g/mol. The average molecular weight is 657 g/mol. The van der Waals surface area contributed by atoms with E-state index < -0.39 is 12.1 Å². The molecule has 2 aliphatic rings. The Labute approximate surface area is 285 Å². The van der Waals surface area contributed by atoms with Crippen molar-refractivity contribution in [2.75, 3.05) is 26.2 Å². The molecule has 10 nitrogen and oxygen atoms in total. The summed E-state index contributed by atoms with van der Waals surface area (Å²) in [5.74, 6) is 0.978. The van der Waals surface area contributed by atoms with Crippen LogP contribution in [0.15, 0.2) is 110 Å². The number of piperazine rings is 1. The number of rotatable bonds is 11. The van der Waals surface area contributed by atoms with Crippen LogP contribution in [-0.4, -0.2) is 75.8 Å². The van der Waals surface area contributed by atoms with Crippen LogP contribution in [0.1, 0.15) is 34.5 Å². The minimum absolute atomic E-state index is 0.0667. The number of ether oxygens (including phenoxy) is 1. The third-order valence-electron chi connectivity index (χ3n) is 9.43. The molecule has 0 bridgehead atoms. The topological polar surface area (TPSA) is 120 Å². The maximum Gasteiger partial charge on any atom is 0.272 e. The van der Waals surface area contributed by atoms with Gasteiger partial charge in [0.05, 0.1) is 19.1 Å². The molecule has 0 aliphatic carbocycles. The fourth-order valence-electron chi connectivity index (χ4n) is 6.79. The van der Waals surface area contributed by atoms with Crippen molar-refractivity contribution in [3.63, 3.8) is 0 Å². The molecule has 5 aromatic rings. The zero-order valence-electron chi connectivity index (χ0n) is 27.3. The van der Waals surface area contributed by atoms with Crippen molar-refractivity contribution in [2.45, 2.75) is 37.9 Å². The minimum atomic E-state index is -0.880. The van der Waals surface area contributed by atoms with Crippen LogP contribution in [0.25, 0.3) is 10.8 Å². The molecule has 4 aromatic carbocycles. The van der Waals surface area contributed by atoms with Gasteiger partial charge in [-0.1, -0.05) is 72.8 Å². The zero-order valence-corrected chi connectivity index (χ0v) is 27.3. The molecular weight excluding hydrogens is 616 g/mol. The van der Waals surface area contributed by atoms with Crippen LogP contribution in [0.3, 0.4) is 0 Å². The molecule has 250 valence electrons. The van der Waals surface area contributed by atoms with Gasteiger partial charge in [0.15, 0.2) is 0 Å². The third kappa shape index (κ3) is 7.65. The number of nitrogens with one attached hydrogen (secondary N) is 3. The number of hydrogen-bond acceptors (Lipinski definition) is 6. The van der Waals surface area contributed by atoms with Gasteiger partial charge in [-0.2, -0.15) is 0 Å². The Balaban J connectivity index is 1.16. The summed E-state index contributed by atoms with van der Waals surface area (Å²) in [4.78, 5) is 52.6. The van der Waals surface area contributed by atoms with Gasteiger partial charge >= 0.3 is 0 Å². The summed E-state index contributed by atoms with van der Waals surface area (Å²) in [6, 6.07) is 29.7. The molecule has 49 heavy (non-hydrogen) atoms. The van der Waals surface area contributed by atoms with Crippen molar-refractivity contribution in [1.29, 1.82) is 0 Å². The van der Waals surface area contributed by atoms with Crippen molar-refractivity contribution in [3.8, 4) is 11.5 Å². The smallest absolute Gasteiger partial charge is 0.272 e. The summed E-state index contributed by atoms with van der Waals surface area (Å²) in [5.41, 5.74) is 2.16. The Morgan fingerprint density at radius 2 is 1.55 bits per heavy atom. The first-order chi connectivity index (χ1) is 24.0. The van der Waals surface area contributed by atoms with Crippen molar-refractivity contribution in [3.05, 3.63) is 126 Å². The summed E-state index contributed by atoms with van der Waals surface area (Å²) in [6.07, 6.45) is 5.19. The number of amides is 3. The standard InChI is InChI=1S/C39H40N6O4/c46-37-36(25-44(23-28-16-18-40-19-17-28)38(47)35-22-41-26-42-35)45(24-27-11-14-33(15-12-27)49-32-8-2-1-3-9-32)39(48)34(43-37)21-29-10-13-30-6-4-5-7-31(30)20-29/h1-15,20,22,26,28,34,36,40H,16-19,21,23-25H2,(H,41,42)(H,43,46)/t34-,36-/m0/s1. The van der Waals surface area contributed by atoms with Gasteiger partial charge in [-0.05, 0) is 78.0 Å². The van der Waals surface area contributed by atoms with Crippen LogP contribution < -0.4 is 15.4 Å². The van der Waals surface area contributed by atoms with Crippen LogP contribution in [-0.2, 0) is 22.6 Å². The minimum Gasteiger partial charge on any atom is -0.457 e. The van der Waals surface area contributed by atoms with Gasteiger partial charge < -0.3 is 30.2 Å². The lowest BCUT2D eigenvalue weighted by Crippen LogP contribution is -2.66. The molecule has 1 aromatic heterocycles. The predicted octanol–water partition coefficient (Wildman–Crippen LogP) is 4.94. The van der Waals surface area contributed by atoms with Crippen LogP contribution in [0.4, 0.5) is 0 Å². The second kappa shape index (κ2) is 14.7. The number of imidazole rings is 1. The van der Waals surface area contributed by atoms with E-state index in [0.717, 1.165) is 53.6 Å². The van der Waals surface area contributed by atoms with Gasteiger partial charge in [-0.15, -0.1) is 0 Å². The molecule has 7 rings (SSSR count). The quantitative estimate of drug-likeness (QED) is 0.186. The number of piperidine rings is 1. The Morgan fingerprint density at radius 3 is 2.31 bits per heavy atom. The van der Waals surface area contributed by atoms with E-state index in [1.807, 2.05) is 84.9 Å². The lowest BCUT2D eigenvalue weighted by Gasteiger charge is -2.41. The van der Waals surface area contributed by atoms with Crippen molar-refractivity contribution in [2.24, 2.45) is 5.92 Å². The van der Waals surface area contributed by atoms with Crippen LogP contribution in [0.2, 0.25) is 0 Å². The van der Waals surface area contributed by atoms with Crippen LogP contribution in [0.5, 0.6) is 11.5 Å². The highest BCUT2D eigenvalue weighted by Crippen LogP contribution is 2.25. The molecule has 0 unspecified atom stereocenters. The number of carbonyl (C=O) groups excluding carboxylic acids is 3. The third-order valence-corrected chi connectivity index (χ3v) is 9.43. The molecule has 3 N–H and O–H groups in total. The van der Waals surface area contributed by atoms with E-state index in [4.69, 9.17) is 4.74 Å². The first kappa shape index (κ1) is 32.1. The van der Waals surface area contributed by atoms with E-state index in [0.29, 0.717) is 24.4 Å². The summed E-state index contributed by atoms with van der Waals surface area (Å²) in [7, 11) is 0. The first-order valence-corrected chi connectivity index (χ1v) is 16.9. The fraction of sp³-hybridized carbons (Fsp3) is 0.282. The molecule has 0 spiro atoms. The highest BCUT2D eigenvalue weighted by molar-refractivity contribution is 5.98. The van der Waals surface area contributed by atoms with Crippen LogP contribution in [0, 0.1) is 5.92 Å². The number of carbonyl (C=O) groups is 3. The number of aromatic nitrogens is 2. The molecular formula is C39H40N6O4. The second-order valence-electron chi connectivity index (χ2n) is 12.9. The zero-order chi connectivity index (χ0) is 33.6. The molecule has 2 fully saturated rings. The summed E-state index contributed by atoms with van der Waals surface area (Å²) < 4.78 is 5.98. The van der Waals surface area contributed by atoms with Crippen LogP contribution >= 0.6 is 0 Å². The predicted molar refractivity (Wildman–Crippen MR) is 187 cm³/mol. The largest absolute Gasteiger partial charge is 0.457 e. The Bertz CT molecular complexity index is 1890. The Kier molecular flexibility index (Phi) is 9.65. The lowest BCUT2D eigenvalue weighted by atomic mass is 9.95. The van der Waals surface area contributed by atoms with Gasteiger partial charge in [0.25, 0.3) is 5.91 Å². The number of nitrogens with zero attached hydrogens (tertiary/aromatic N) is 3. The molecule has 3 heterocycles. The number of aromatic amines is 1. The van der Waals surface area contributed by atoms with E-state index in [1.165, 1.54) is 12.5 Å². The molecule has 3 amide bonds. The number of benzene rings is 4. The molecule has 2 aliphatic heterocycles. The van der Waals surface area contributed by atoms with E-state index in [1.54, 1.807) is 9.80 Å². The SMILES string of the molecule is O=C1N[C@@H](Cc2ccc3ccccc3c2)C(=O)N(Cc2ccc(Oc3ccccc3)cc2)[C@H]1CN(CC1CCNCC1)C(=O)c1cnc[nH]1. The lowest BCUT2D eigenvalue weighted by molar-refractivity contribution is -0.150. The van der Waals surface area contributed by atoms with E-state index >= 15 is 0 Å². The second-order valence-corrected chi connectivity index (χ2v) is 12.9. The maximum atomic E-state index is 14.4. The van der Waals surface area contributed by atoms with E-state index in [9.17, 15) is 14.4 Å². The summed E-state index contributed by atoms with van der Waals surface area (Å²) >= 11 is 0. The molecule has 2 saturated heterocycles. The van der Waals surface area contributed by atoms with Crippen molar-refractivity contribution in [1.82, 2.24) is 30.4 Å². The molecule has 0 saturated carbocycles. The number of hydrogen-bond donors (Lipinski definition) is 3. The molecule has 10 heteroatoms. The fourth-order valence-corrected chi connectivity index (χ4v) is 6.79. The number of para-hydroxylation sites is 1. The molecule has 2 atom stereocenters. The van der Waals surface area contributed by atoms with Crippen molar-refractivity contribution < 1.29 is 19.1 Å². The highest BCUT2D eigenvalue weighted by Gasteiger charge is 2.42. The van der Waals surface area contributed by atoms with E-state index in [-0.39, 0.29) is 36.7 Å². The van der Waals surface area contributed by atoms with E-state index in [2.05, 4.69) is 32.7 Å². The molecule has 0 radical (unpaired) electrons. The summed E-state index contributed by atoms with van der Waals surface area (Å²) in [6.45, 7) is 2.52.